The highest BCUT2D eigenvalue weighted by Crippen LogP contribution is 2.11. The molecular weight excluding hydrogens is 324 g/mol. The van der Waals surface area contributed by atoms with Crippen molar-refractivity contribution in [3.05, 3.63) is 29.8 Å². The highest BCUT2D eigenvalue weighted by Gasteiger charge is 2.17. The van der Waals surface area contributed by atoms with E-state index in [-0.39, 0.29) is 23.6 Å². The van der Waals surface area contributed by atoms with Crippen molar-refractivity contribution in [1.29, 1.82) is 0 Å². The summed E-state index contributed by atoms with van der Waals surface area (Å²) in [6.07, 6.45) is -1.32. The Labute approximate surface area is 134 Å². The van der Waals surface area contributed by atoms with E-state index < -0.39 is 28.0 Å². The summed E-state index contributed by atoms with van der Waals surface area (Å²) in [6.45, 7) is 2.50. The molecule has 0 aromatic heterocycles. The highest BCUT2D eigenvalue weighted by molar-refractivity contribution is 7.89. The van der Waals surface area contributed by atoms with Gasteiger partial charge in [0.1, 0.15) is 0 Å². The van der Waals surface area contributed by atoms with E-state index in [1.54, 1.807) is 0 Å². The summed E-state index contributed by atoms with van der Waals surface area (Å²) >= 11 is 0. The van der Waals surface area contributed by atoms with Crippen LogP contribution in [0.2, 0.25) is 0 Å². The average Bonchev–Trinajstić information content (AvgIpc) is 2.46. The van der Waals surface area contributed by atoms with Gasteiger partial charge in [-0.2, -0.15) is 0 Å². The van der Waals surface area contributed by atoms with Crippen molar-refractivity contribution in [2.24, 2.45) is 5.73 Å². The number of Topliss-reactive ketones (excluding diaryl/α,β-unsaturated/α-hetero) is 1. The minimum Gasteiger partial charge on any atom is -0.453 e. The van der Waals surface area contributed by atoms with Gasteiger partial charge in [-0.3, -0.25) is 14.4 Å². The lowest BCUT2D eigenvalue weighted by molar-refractivity contribution is -0.153. The lowest BCUT2D eigenvalue weighted by Gasteiger charge is -2.10. The van der Waals surface area contributed by atoms with Crippen LogP contribution in [0.3, 0.4) is 0 Å². The number of esters is 1. The van der Waals surface area contributed by atoms with Gasteiger partial charge in [-0.05, 0) is 26.0 Å². The third-order valence-corrected chi connectivity index (χ3v) is 4.38. The third-order valence-electron chi connectivity index (χ3n) is 2.90. The van der Waals surface area contributed by atoms with Crippen molar-refractivity contribution in [3.63, 3.8) is 0 Å². The highest BCUT2D eigenvalue weighted by atomic mass is 32.2. The van der Waals surface area contributed by atoms with Gasteiger partial charge in [-0.1, -0.05) is 12.1 Å². The standard InChI is InChI=1S/C14H18N2O6S/c1-9(17)11-3-5-12(6-4-11)23(20,21)16-8-7-13(18)22-10(2)14(15)19/h3-6,10,16H,7-8H2,1-2H3,(H2,15,19). The molecular formula is C14H18N2O6S. The van der Waals surface area contributed by atoms with E-state index in [4.69, 9.17) is 5.73 Å². The maximum atomic E-state index is 12.0. The predicted molar refractivity (Wildman–Crippen MR) is 81.0 cm³/mol. The van der Waals surface area contributed by atoms with Crippen LogP contribution in [0.25, 0.3) is 0 Å². The normalized spacial score (nSPS) is 12.4. The van der Waals surface area contributed by atoms with E-state index in [9.17, 15) is 22.8 Å². The van der Waals surface area contributed by atoms with Gasteiger partial charge in [0.05, 0.1) is 11.3 Å². The Kier molecular flexibility index (Phi) is 6.40. The first-order chi connectivity index (χ1) is 10.6. The van der Waals surface area contributed by atoms with E-state index in [2.05, 4.69) is 9.46 Å². The van der Waals surface area contributed by atoms with Gasteiger partial charge in [-0.25, -0.2) is 13.1 Å². The van der Waals surface area contributed by atoms with Crippen molar-refractivity contribution in [2.75, 3.05) is 6.54 Å². The summed E-state index contributed by atoms with van der Waals surface area (Å²) in [5, 5.41) is 0. The molecule has 1 amide bonds. The number of ether oxygens (including phenoxy) is 1. The Bertz CT molecular complexity index is 696. The fourth-order valence-corrected chi connectivity index (χ4v) is 2.59. The van der Waals surface area contributed by atoms with Crippen molar-refractivity contribution in [3.8, 4) is 0 Å². The van der Waals surface area contributed by atoms with Crippen LogP contribution in [0.4, 0.5) is 0 Å². The first kappa shape index (κ1) is 18.8. The number of benzene rings is 1. The van der Waals surface area contributed by atoms with Gasteiger partial charge in [0.15, 0.2) is 11.9 Å². The fraction of sp³-hybridized carbons (Fsp3) is 0.357. The number of hydrogen-bond acceptors (Lipinski definition) is 6. The monoisotopic (exact) mass is 342 g/mol. The zero-order valence-electron chi connectivity index (χ0n) is 12.7. The van der Waals surface area contributed by atoms with Crippen LogP contribution in [-0.4, -0.2) is 38.7 Å². The molecule has 0 aliphatic heterocycles. The maximum absolute atomic E-state index is 12.0. The molecule has 9 heteroatoms. The molecule has 0 spiro atoms. The second-order valence-corrected chi connectivity index (χ2v) is 6.53. The van der Waals surface area contributed by atoms with Crippen molar-refractivity contribution in [1.82, 2.24) is 4.72 Å². The number of carbonyl (C=O) groups is 3. The van der Waals surface area contributed by atoms with Crippen LogP contribution < -0.4 is 10.5 Å². The second-order valence-electron chi connectivity index (χ2n) is 4.76. The molecule has 0 saturated carbocycles. The van der Waals surface area contributed by atoms with Crippen molar-refractivity contribution in [2.45, 2.75) is 31.3 Å². The molecule has 23 heavy (non-hydrogen) atoms. The SMILES string of the molecule is CC(=O)c1ccc(S(=O)(=O)NCCC(=O)OC(C)C(N)=O)cc1. The van der Waals surface area contributed by atoms with Crippen molar-refractivity contribution >= 4 is 27.7 Å². The predicted octanol–water partition coefficient (Wildman–Crippen LogP) is -0.0254. The van der Waals surface area contributed by atoms with Crippen LogP contribution in [0.15, 0.2) is 29.2 Å². The van der Waals surface area contributed by atoms with Gasteiger partial charge < -0.3 is 10.5 Å². The molecule has 1 aromatic rings. The van der Waals surface area contributed by atoms with E-state index >= 15 is 0 Å². The Morgan fingerprint density at radius 3 is 2.26 bits per heavy atom. The Morgan fingerprint density at radius 2 is 1.78 bits per heavy atom. The Morgan fingerprint density at radius 1 is 1.22 bits per heavy atom. The molecule has 0 saturated heterocycles. The van der Waals surface area contributed by atoms with E-state index in [0.29, 0.717) is 5.56 Å². The number of amides is 1. The number of carbonyl (C=O) groups excluding carboxylic acids is 3. The quantitative estimate of drug-likeness (QED) is 0.504. The molecule has 0 fully saturated rings. The van der Waals surface area contributed by atoms with Crippen LogP contribution >= 0.6 is 0 Å². The molecule has 1 rings (SSSR count). The lowest BCUT2D eigenvalue weighted by atomic mass is 10.2. The van der Waals surface area contributed by atoms with Gasteiger partial charge in [0.2, 0.25) is 10.0 Å². The molecule has 0 heterocycles. The topological polar surface area (TPSA) is 133 Å². The van der Waals surface area contributed by atoms with Crippen LogP contribution in [0, 0.1) is 0 Å². The molecule has 1 unspecified atom stereocenters. The molecule has 126 valence electrons. The first-order valence-corrected chi connectivity index (χ1v) is 8.21. The van der Waals surface area contributed by atoms with Gasteiger partial charge in [-0.15, -0.1) is 0 Å². The molecule has 1 aromatic carbocycles. The summed E-state index contributed by atoms with van der Waals surface area (Å²) in [5.74, 6) is -1.70. The zero-order chi connectivity index (χ0) is 17.6. The van der Waals surface area contributed by atoms with Gasteiger partial charge >= 0.3 is 5.97 Å². The third kappa shape index (κ3) is 5.80. The number of nitrogens with one attached hydrogen (secondary N) is 1. The minimum atomic E-state index is -3.80. The zero-order valence-corrected chi connectivity index (χ0v) is 13.6. The van der Waals surface area contributed by atoms with Gasteiger partial charge in [0, 0.05) is 12.1 Å². The van der Waals surface area contributed by atoms with Crippen LogP contribution in [-0.2, 0) is 24.3 Å². The summed E-state index contributed by atoms with van der Waals surface area (Å²) in [5.41, 5.74) is 5.34. The van der Waals surface area contributed by atoms with E-state index in [1.165, 1.54) is 38.1 Å². The smallest absolute Gasteiger partial charge is 0.307 e. The van der Waals surface area contributed by atoms with Crippen LogP contribution in [0.5, 0.6) is 0 Å². The molecule has 1 atom stereocenters. The molecule has 3 N–H and O–H groups in total. The number of sulfonamides is 1. The minimum absolute atomic E-state index is 0.0265. The molecule has 0 aliphatic rings. The number of ketones is 1. The first-order valence-electron chi connectivity index (χ1n) is 6.73. The largest absolute Gasteiger partial charge is 0.453 e. The molecule has 8 nitrogen and oxygen atoms in total. The second kappa shape index (κ2) is 7.84. The lowest BCUT2D eigenvalue weighted by Crippen LogP contribution is -2.32. The molecule has 0 aliphatic carbocycles. The van der Waals surface area contributed by atoms with Crippen molar-refractivity contribution < 1.29 is 27.5 Å². The average molecular weight is 342 g/mol. The Hall–Kier alpha value is -2.26. The van der Waals surface area contributed by atoms with Crippen LogP contribution in [0.1, 0.15) is 30.6 Å². The molecule has 0 radical (unpaired) electrons. The maximum Gasteiger partial charge on any atom is 0.307 e. The summed E-state index contributed by atoms with van der Waals surface area (Å²) in [6, 6.07) is 5.40. The van der Waals surface area contributed by atoms with Gasteiger partial charge in [0.25, 0.3) is 5.91 Å². The number of primary amides is 1. The summed E-state index contributed by atoms with van der Waals surface area (Å²) in [7, 11) is -3.80. The number of hydrogen-bond donors (Lipinski definition) is 2. The van der Waals surface area contributed by atoms with E-state index in [1.807, 2.05) is 0 Å². The molecule has 0 bridgehead atoms. The number of rotatable bonds is 8. The fourth-order valence-electron chi connectivity index (χ4n) is 1.55. The summed E-state index contributed by atoms with van der Waals surface area (Å²) < 4.78 is 30.9. The van der Waals surface area contributed by atoms with E-state index in [0.717, 1.165) is 0 Å². The number of nitrogens with two attached hydrogens (primary N) is 1. The Balaban J connectivity index is 2.57. The summed E-state index contributed by atoms with van der Waals surface area (Å²) in [4.78, 5) is 33.2.